The van der Waals surface area contributed by atoms with E-state index in [1.807, 2.05) is 13.8 Å². The summed E-state index contributed by atoms with van der Waals surface area (Å²) in [7, 11) is 0. The highest BCUT2D eigenvalue weighted by Crippen LogP contribution is 2.16. The molecule has 7 nitrogen and oxygen atoms in total. The largest absolute Gasteiger partial charge is 0.494 e. The number of benzene rings is 1. The molecule has 0 saturated carbocycles. The Morgan fingerprint density at radius 3 is 2.46 bits per heavy atom. The van der Waals surface area contributed by atoms with Gasteiger partial charge in [-0.15, -0.1) is 0 Å². The number of esters is 1. The molecule has 0 bridgehead atoms. The molecule has 152 valence electrons. The third kappa shape index (κ3) is 6.11. The number of aromatic nitrogens is 2. The normalized spacial score (nSPS) is 11.9. The van der Waals surface area contributed by atoms with Gasteiger partial charge in [-0.25, -0.2) is 9.48 Å². The highest BCUT2D eigenvalue weighted by molar-refractivity contribution is 5.96. The lowest BCUT2D eigenvalue weighted by molar-refractivity contribution is -0.123. The van der Waals surface area contributed by atoms with Gasteiger partial charge in [0.05, 0.1) is 18.4 Å². The summed E-state index contributed by atoms with van der Waals surface area (Å²) in [5, 5.41) is 6.89. The lowest BCUT2D eigenvalue weighted by Gasteiger charge is -2.16. The van der Waals surface area contributed by atoms with Crippen LogP contribution in [0.1, 0.15) is 63.4 Å². The molecule has 0 aliphatic heterocycles. The van der Waals surface area contributed by atoms with Crippen LogP contribution < -0.4 is 10.1 Å². The number of anilines is 1. The third-order valence-corrected chi connectivity index (χ3v) is 4.17. The van der Waals surface area contributed by atoms with Gasteiger partial charge in [0, 0.05) is 12.1 Å². The topological polar surface area (TPSA) is 82.4 Å². The van der Waals surface area contributed by atoms with E-state index in [-0.39, 0.29) is 6.04 Å². The van der Waals surface area contributed by atoms with Gasteiger partial charge in [0.1, 0.15) is 11.6 Å². The number of unbranched alkanes of at least 4 members (excludes halogenated alkanes) is 2. The van der Waals surface area contributed by atoms with Crippen LogP contribution in [0.2, 0.25) is 0 Å². The van der Waals surface area contributed by atoms with E-state index in [0.29, 0.717) is 23.7 Å². The van der Waals surface area contributed by atoms with Crippen molar-refractivity contribution in [1.82, 2.24) is 9.78 Å². The Kier molecular flexibility index (Phi) is 8.04. The average Bonchev–Trinajstić information content (AvgIpc) is 3.14. The van der Waals surface area contributed by atoms with E-state index in [9.17, 15) is 9.59 Å². The monoisotopic (exact) mass is 387 g/mol. The molecule has 0 fully saturated rings. The van der Waals surface area contributed by atoms with Crippen molar-refractivity contribution in [3.05, 3.63) is 42.1 Å². The Hall–Kier alpha value is -2.83. The van der Waals surface area contributed by atoms with Gasteiger partial charge in [-0.1, -0.05) is 19.8 Å². The molecule has 1 atom stereocenters. The van der Waals surface area contributed by atoms with E-state index in [0.717, 1.165) is 19.3 Å². The van der Waals surface area contributed by atoms with Gasteiger partial charge < -0.3 is 14.8 Å². The molecule has 0 unspecified atom stereocenters. The predicted octanol–water partition coefficient (Wildman–Crippen LogP) is 4.22. The number of rotatable bonds is 10. The van der Waals surface area contributed by atoms with E-state index in [1.54, 1.807) is 41.2 Å². The van der Waals surface area contributed by atoms with Crippen molar-refractivity contribution < 1.29 is 19.1 Å². The molecule has 1 amide bonds. The van der Waals surface area contributed by atoms with Gasteiger partial charge in [0.2, 0.25) is 0 Å². The number of carbonyl (C=O) groups excluding carboxylic acids is 2. The number of hydrogen-bond acceptors (Lipinski definition) is 5. The van der Waals surface area contributed by atoms with Crippen LogP contribution in [0.15, 0.2) is 36.5 Å². The fourth-order valence-corrected chi connectivity index (χ4v) is 2.56. The average molecular weight is 387 g/mol. The van der Waals surface area contributed by atoms with Crippen LogP contribution in [-0.4, -0.2) is 34.4 Å². The number of nitrogens with zero attached hydrogens (tertiary/aromatic N) is 2. The fourth-order valence-electron chi connectivity index (χ4n) is 2.56. The number of nitrogens with one attached hydrogen (secondary N) is 1. The van der Waals surface area contributed by atoms with Gasteiger partial charge in [-0.2, -0.15) is 5.10 Å². The summed E-state index contributed by atoms with van der Waals surface area (Å²) in [5.74, 6) is 0.303. The zero-order valence-electron chi connectivity index (χ0n) is 17.0. The first-order valence-electron chi connectivity index (χ1n) is 9.70. The van der Waals surface area contributed by atoms with Crippen LogP contribution in [0, 0.1) is 0 Å². The third-order valence-electron chi connectivity index (χ3n) is 4.17. The molecule has 0 spiro atoms. The number of carbonyl (C=O) groups is 2. The molecular formula is C21H29N3O4. The van der Waals surface area contributed by atoms with Crippen molar-refractivity contribution in [1.29, 1.82) is 0 Å². The first kappa shape index (κ1) is 21.5. The van der Waals surface area contributed by atoms with Gasteiger partial charge in [0.15, 0.2) is 6.10 Å². The van der Waals surface area contributed by atoms with E-state index >= 15 is 0 Å². The molecule has 0 radical (unpaired) electrons. The van der Waals surface area contributed by atoms with Crippen LogP contribution in [0.4, 0.5) is 5.82 Å². The highest BCUT2D eigenvalue weighted by Gasteiger charge is 2.20. The van der Waals surface area contributed by atoms with Crippen LogP contribution in [0.5, 0.6) is 5.75 Å². The Balaban J connectivity index is 1.87. The molecule has 0 aliphatic rings. The summed E-state index contributed by atoms with van der Waals surface area (Å²) in [6.07, 6.45) is 3.94. The molecular weight excluding hydrogens is 358 g/mol. The summed E-state index contributed by atoms with van der Waals surface area (Å²) in [4.78, 5) is 24.6. The molecule has 1 heterocycles. The van der Waals surface area contributed by atoms with Crippen molar-refractivity contribution >= 4 is 17.7 Å². The van der Waals surface area contributed by atoms with E-state index in [4.69, 9.17) is 9.47 Å². The first-order chi connectivity index (χ1) is 13.4. The van der Waals surface area contributed by atoms with Crippen molar-refractivity contribution in [3.8, 4) is 5.75 Å². The summed E-state index contributed by atoms with van der Waals surface area (Å²) >= 11 is 0. The summed E-state index contributed by atoms with van der Waals surface area (Å²) in [5.41, 5.74) is 0.368. The lowest BCUT2D eigenvalue weighted by atomic mass is 10.2. The van der Waals surface area contributed by atoms with Crippen LogP contribution >= 0.6 is 0 Å². The second-order valence-corrected chi connectivity index (χ2v) is 6.87. The van der Waals surface area contributed by atoms with E-state index < -0.39 is 18.0 Å². The minimum atomic E-state index is -0.937. The van der Waals surface area contributed by atoms with Crippen molar-refractivity contribution in [2.45, 2.75) is 59.1 Å². The van der Waals surface area contributed by atoms with Gasteiger partial charge in [-0.3, -0.25) is 4.79 Å². The SMILES string of the molecule is CCCCCOc1ccc(C(=O)O[C@@H](C)C(=O)Nc2ccnn2C(C)C)cc1. The lowest BCUT2D eigenvalue weighted by Crippen LogP contribution is -2.31. The summed E-state index contributed by atoms with van der Waals surface area (Å²) < 4.78 is 12.6. The number of amides is 1. The Labute approximate surface area is 166 Å². The van der Waals surface area contributed by atoms with Gasteiger partial charge in [-0.05, 0) is 51.5 Å². The molecule has 1 aromatic carbocycles. The van der Waals surface area contributed by atoms with Crippen molar-refractivity contribution in [2.24, 2.45) is 0 Å². The number of ether oxygens (including phenoxy) is 2. The van der Waals surface area contributed by atoms with E-state index in [2.05, 4.69) is 17.3 Å². The van der Waals surface area contributed by atoms with Crippen molar-refractivity contribution in [3.63, 3.8) is 0 Å². The molecule has 0 aliphatic carbocycles. The second kappa shape index (κ2) is 10.5. The standard InChI is InChI=1S/C21H29N3O4/c1-5-6-7-14-27-18-10-8-17(9-11-18)21(26)28-16(4)20(25)23-19-12-13-22-24(19)15(2)3/h8-13,15-16H,5-7,14H2,1-4H3,(H,23,25)/t16-/m0/s1. The summed E-state index contributed by atoms with van der Waals surface area (Å²) in [6, 6.07) is 8.53. The van der Waals surface area contributed by atoms with Crippen molar-refractivity contribution in [2.75, 3.05) is 11.9 Å². The van der Waals surface area contributed by atoms with Gasteiger partial charge >= 0.3 is 5.97 Å². The first-order valence-corrected chi connectivity index (χ1v) is 9.70. The maximum absolute atomic E-state index is 12.3. The maximum atomic E-state index is 12.3. The molecule has 0 saturated heterocycles. The minimum Gasteiger partial charge on any atom is -0.494 e. The molecule has 2 aromatic rings. The Bertz CT molecular complexity index is 768. The molecule has 2 rings (SSSR count). The molecule has 7 heteroatoms. The predicted molar refractivity (Wildman–Crippen MR) is 108 cm³/mol. The Morgan fingerprint density at radius 1 is 1.11 bits per heavy atom. The zero-order chi connectivity index (χ0) is 20.5. The highest BCUT2D eigenvalue weighted by atomic mass is 16.5. The molecule has 28 heavy (non-hydrogen) atoms. The zero-order valence-corrected chi connectivity index (χ0v) is 17.0. The van der Waals surface area contributed by atoms with Crippen LogP contribution in [0.3, 0.4) is 0 Å². The second-order valence-electron chi connectivity index (χ2n) is 6.87. The van der Waals surface area contributed by atoms with Crippen LogP contribution in [-0.2, 0) is 9.53 Å². The Morgan fingerprint density at radius 2 is 1.82 bits per heavy atom. The van der Waals surface area contributed by atoms with Crippen LogP contribution in [0.25, 0.3) is 0 Å². The summed E-state index contributed by atoms with van der Waals surface area (Å²) in [6.45, 7) is 8.25. The number of hydrogen-bond donors (Lipinski definition) is 1. The molecule has 1 N–H and O–H groups in total. The fraction of sp³-hybridized carbons (Fsp3) is 0.476. The molecule has 1 aromatic heterocycles. The van der Waals surface area contributed by atoms with Gasteiger partial charge in [0.25, 0.3) is 5.91 Å². The quantitative estimate of drug-likeness (QED) is 0.488. The smallest absolute Gasteiger partial charge is 0.338 e. The van der Waals surface area contributed by atoms with E-state index in [1.165, 1.54) is 6.92 Å². The maximum Gasteiger partial charge on any atom is 0.338 e. The minimum absolute atomic E-state index is 0.103.